The number of ether oxygens (including phenoxy) is 3. The van der Waals surface area contributed by atoms with Crippen molar-refractivity contribution >= 4 is 18.0 Å². The zero-order valence-electron chi connectivity index (χ0n) is 36.1. The van der Waals surface area contributed by atoms with Gasteiger partial charge in [-0.15, -0.1) is 0 Å². The van der Waals surface area contributed by atoms with E-state index in [-0.39, 0.29) is 18.4 Å². The molecule has 0 saturated carbocycles. The van der Waals surface area contributed by atoms with E-state index >= 15 is 0 Å². The summed E-state index contributed by atoms with van der Waals surface area (Å²) in [7, 11) is 0. The monoisotopic (exact) mass is 759 g/mol. The Bertz CT molecular complexity index is 1320. The van der Waals surface area contributed by atoms with Crippen LogP contribution < -0.4 is 20.1 Å². The van der Waals surface area contributed by atoms with Crippen molar-refractivity contribution in [2.45, 2.75) is 203 Å². The van der Waals surface area contributed by atoms with E-state index in [2.05, 4.69) is 66.0 Å². The normalized spacial score (nSPS) is 17.3. The molecule has 0 spiro atoms. The molecular weight excluding hydrogens is 681 g/mol. The number of carbonyl (C=O) groups is 3. The Hall–Kier alpha value is -2.97. The van der Waals surface area contributed by atoms with Gasteiger partial charge in [-0.3, -0.25) is 9.59 Å². The molecule has 0 aromatic heterocycles. The summed E-state index contributed by atoms with van der Waals surface area (Å²) >= 11 is 0. The molecule has 2 unspecified atom stereocenters. The standard InChI is InChI=1S/C45H78N2O7/c1-31(2)19-16-20-32(3)21-17-22-33(4)23-18-27-45(11)28-26-37-36(7)40(34(5)35(6)41(37)53-45)52-30-15-13-12-14-29-46-42(50)38(24-25-39(48)49)47-43(51)54-44(8,9)10/h31-33,38H,12-30H2,1-11H3,(H,46,50)(H,47,51)(H,48,49)/t32-,33-,38?,45?/m1/s1. The van der Waals surface area contributed by atoms with Crippen molar-refractivity contribution in [1.29, 1.82) is 0 Å². The van der Waals surface area contributed by atoms with Crippen molar-refractivity contribution in [2.24, 2.45) is 17.8 Å². The molecule has 0 saturated heterocycles. The molecule has 0 aliphatic carbocycles. The third kappa shape index (κ3) is 17.7. The van der Waals surface area contributed by atoms with Crippen molar-refractivity contribution in [2.75, 3.05) is 13.2 Å². The van der Waals surface area contributed by atoms with Gasteiger partial charge in [-0.05, 0) is 128 Å². The molecule has 3 N–H and O–H groups in total. The lowest BCUT2D eigenvalue weighted by atomic mass is 9.83. The molecule has 0 fully saturated rings. The second-order valence-electron chi connectivity index (χ2n) is 18.1. The van der Waals surface area contributed by atoms with Crippen molar-refractivity contribution in [3.8, 4) is 11.5 Å². The summed E-state index contributed by atoms with van der Waals surface area (Å²) in [5, 5.41) is 14.4. The minimum absolute atomic E-state index is 0.0118. The SMILES string of the molecule is Cc1c(C)c2c(c(C)c1OCCCCCCNC(=O)C(CCC(=O)O)NC(=O)OC(C)(C)C)CCC(C)(CCC[C@H](C)CCC[C@H](C)CCCC(C)C)O2. The van der Waals surface area contributed by atoms with Crippen LogP contribution in [0.2, 0.25) is 0 Å². The Labute approximate surface area is 328 Å². The Balaban J connectivity index is 1.76. The number of benzene rings is 1. The molecule has 0 radical (unpaired) electrons. The number of rotatable bonds is 25. The van der Waals surface area contributed by atoms with Gasteiger partial charge in [0.2, 0.25) is 5.91 Å². The first-order valence-corrected chi connectivity index (χ1v) is 21.2. The van der Waals surface area contributed by atoms with E-state index in [4.69, 9.17) is 19.3 Å². The average Bonchev–Trinajstić information content (AvgIpc) is 3.06. The number of alkyl carbamates (subject to hydrolysis) is 1. The number of fused-ring (bicyclic) bond motifs is 1. The van der Waals surface area contributed by atoms with Crippen LogP contribution in [0.25, 0.3) is 0 Å². The highest BCUT2D eigenvalue weighted by atomic mass is 16.6. The largest absolute Gasteiger partial charge is 0.493 e. The first-order valence-electron chi connectivity index (χ1n) is 21.2. The van der Waals surface area contributed by atoms with Gasteiger partial charge in [0.05, 0.1) is 6.61 Å². The number of carbonyl (C=O) groups excluding carboxylic acids is 2. The van der Waals surface area contributed by atoms with Crippen LogP contribution in [0.1, 0.15) is 180 Å². The quantitative estimate of drug-likeness (QED) is 0.0848. The Kier molecular flexibility index (Phi) is 20.3. The fourth-order valence-corrected chi connectivity index (χ4v) is 7.55. The van der Waals surface area contributed by atoms with Crippen LogP contribution >= 0.6 is 0 Å². The summed E-state index contributed by atoms with van der Waals surface area (Å²) in [4.78, 5) is 36.0. The van der Waals surface area contributed by atoms with Gasteiger partial charge in [-0.2, -0.15) is 0 Å². The number of aliphatic carboxylic acids is 1. The van der Waals surface area contributed by atoms with Gasteiger partial charge >= 0.3 is 12.1 Å². The summed E-state index contributed by atoms with van der Waals surface area (Å²) < 4.78 is 18.5. The second kappa shape index (κ2) is 23.2. The average molecular weight is 759 g/mol. The van der Waals surface area contributed by atoms with E-state index in [0.717, 1.165) is 79.8 Å². The number of carboxylic acid groups (broad SMARTS) is 1. The molecule has 1 aliphatic rings. The van der Waals surface area contributed by atoms with Crippen LogP contribution in [0.5, 0.6) is 11.5 Å². The van der Waals surface area contributed by atoms with Crippen molar-refractivity contribution < 1.29 is 33.7 Å². The van der Waals surface area contributed by atoms with Gasteiger partial charge in [0.15, 0.2) is 0 Å². The maximum Gasteiger partial charge on any atom is 0.408 e. The molecule has 1 aromatic rings. The third-order valence-corrected chi connectivity index (χ3v) is 11.1. The smallest absolute Gasteiger partial charge is 0.408 e. The first kappa shape index (κ1) is 47.2. The van der Waals surface area contributed by atoms with E-state index in [1.165, 1.54) is 68.1 Å². The van der Waals surface area contributed by atoms with E-state index in [9.17, 15) is 14.4 Å². The van der Waals surface area contributed by atoms with Crippen molar-refractivity contribution in [3.63, 3.8) is 0 Å². The van der Waals surface area contributed by atoms with Crippen LogP contribution in [0.4, 0.5) is 4.79 Å². The first-order chi connectivity index (χ1) is 25.3. The second-order valence-corrected chi connectivity index (χ2v) is 18.1. The Morgan fingerprint density at radius 1 is 0.815 bits per heavy atom. The van der Waals surface area contributed by atoms with Crippen LogP contribution in [0.3, 0.4) is 0 Å². The van der Waals surface area contributed by atoms with Crippen molar-refractivity contribution in [1.82, 2.24) is 10.6 Å². The summed E-state index contributed by atoms with van der Waals surface area (Å²) in [6.45, 7) is 24.5. The lowest BCUT2D eigenvalue weighted by Gasteiger charge is -2.38. The van der Waals surface area contributed by atoms with Crippen LogP contribution in [0.15, 0.2) is 0 Å². The molecular formula is C45H78N2O7. The highest BCUT2D eigenvalue weighted by Crippen LogP contribution is 2.45. The molecule has 4 atom stereocenters. The van der Waals surface area contributed by atoms with Gasteiger partial charge in [0.25, 0.3) is 0 Å². The lowest BCUT2D eigenvalue weighted by Crippen LogP contribution is -2.48. The Morgan fingerprint density at radius 3 is 2.04 bits per heavy atom. The number of hydrogen-bond acceptors (Lipinski definition) is 6. The van der Waals surface area contributed by atoms with E-state index in [1.54, 1.807) is 20.8 Å². The molecule has 2 amide bonds. The van der Waals surface area contributed by atoms with E-state index in [0.29, 0.717) is 13.2 Å². The van der Waals surface area contributed by atoms with E-state index in [1.807, 2.05) is 0 Å². The highest BCUT2D eigenvalue weighted by molar-refractivity contribution is 5.86. The predicted octanol–water partition coefficient (Wildman–Crippen LogP) is 10.9. The lowest BCUT2D eigenvalue weighted by molar-refractivity contribution is -0.137. The summed E-state index contributed by atoms with van der Waals surface area (Å²) in [6, 6.07) is -0.971. The van der Waals surface area contributed by atoms with Crippen molar-refractivity contribution in [3.05, 3.63) is 22.3 Å². The number of carboxylic acids is 1. The van der Waals surface area contributed by atoms with Crippen LogP contribution in [-0.4, -0.2) is 53.5 Å². The number of hydrogen-bond donors (Lipinski definition) is 3. The van der Waals surface area contributed by atoms with E-state index < -0.39 is 29.6 Å². The van der Waals surface area contributed by atoms with Gasteiger partial charge < -0.3 is 30.0 Å². The molecule has 2 rings (SSSR count). The molecule has 9 nitrogen and oxygen atoms in total. The molecule has 0 bridgehead atoms. The van der Waals surface area contributed by atoms with Crippen LogP contribution in [-0.2, 0) is 20.7 Å². The minimum atomic E-state index is -1.03. The zero-order valence-corrected chi connectivity index (χ0v) is 36.1. The maximum atomic E-state index is 12.7. The molecule has 1 aliphatic heterocycles. The van der Waals surface area contributed by atoms with Crippen LogP contribution in [0, 0.1) is 38.5 Å². The molecule has 54 heavy (non-hydrogen) atoms. The number of unbranched alkanes of at least 4 members (excludes halogenated alkanes) is 3. The minimum Gasteiger partial charge on any atom is -0.493 e. The zero-order chi connectivity index (χ0) is 40.5. The van der Waals surface area contributed by atoms with Gasteiger partial charge in [0.1, 0.15) is 28.7 Å². The summed E-state index contributed by atoms with van der Waals surface area (Å²) in [6.07, 6.45) is 16.3. The third-order valence-electron chi connectivity index (χ3n) is 11.1. The number of nitrogens with one attached hydrogen (secondary N) is 2. The maximum absolute atomic E-state index is 12.7. The molecule has 9 heteroatoms. The molecule has 1 heterocycles. The number of amides is 2. The van der Waals surface area contributed by atoms with Gasteiger partial charge in [-0.1, -0.05) is 85.5 Å². The van der Waals surface area contributed by atoms with Gasteiger partial charge in [0, 0.05) is 18.5 Å². The fraction of sp³-hybridized carbons (Fsp3) is 0.800. The summed E-state index contributed by atoms with van der Waals surface area (Å²) in [5.74, 6) is 3.06. The predicted molar refractivity (Wildman–Crippen MR) is 220 cm³/mol. The molecule has 1 aromatic carbocycles. The molecule has 310 valence electrons. The topological polar surface area (TPSA) is 123 Å². The summed E-state index contributed by atoms with van der Waals surface area (Å²) in [5.41, 5.74) is 3.98. The fourth-order valence-electron chi connectivity index (χ4n) is 7.55. The van der Waals surface area contributed by atoms with Gasteiger partial charge in [-0.25, -0.2) is 4.79 Å². The Morgan fingerprint density at radius 2 is 1.43 bits per heavy atom. The highest BCUT2D eigenvalue weighted by Gasteiger charge is 2.34.